The van der Waals surface area contributed by atoms with Crippen LogP contribution < -0.4 is 10.6 Å². The molecule has 0 bridgehead atoms. The first-order valence-corrected chi connectivity index (χ1v) is 8.48. The van der Waals surface area contributed by atoms with E-state index in [2.05, 4.69) is 15.6 Å². The molecule has 2 N–H and O–H groups in total. The molecular weight excluding hydrogens is 322 g/mol. The molecule has 0 aliphatic carbocycles. The first-order valence-electron chi connectivity index (χ1n) is 7.09. The second-order valence-corrected chi connectivity index (χ2v) is 5.95. The summed E-state index contributed by atoms with van der Waals surface area (Å²) in [6, 6.07) is 3.25. The SMILES string of the molecule is CSCCNC(=NCc1cc(F)ccc1F)NCC(=O)N(C)C. The topological polar surface area (TPSA) is 56.7 Å². The highest BCUT2D eigenvalue weighted by Gasteiger charge is 2.07. The van der Waals surface area contributed by atoms with Gasteiger partial charge in [-0.15, -0.1) is 0 Å². The number of benzene rings is 1. The van der Waals surface area contributed by atoms with Gasteiger partial charge >= 0.3 is 0 Å². The third kappa shape index (κ3) is 7.32. The van der Waals surface area contributed by atoms with Crippen molar-refractivity contribution in [3.05, 3.63) is 35.4 Å². The van der Waals surface area contributed by atoms with Crippen LogP contribution in [0.15, 0.2) is 23.2 Å². The molecule has 0 unspecified atom stereocenters. The highest BCUT2D eigenvalue weighted by molar-refractivity contribution is 7.98. The quantitative estimate of drug-likeness (QED) is 0.447. The molecule has 128 valence electrons. The van der Waals surface area contributed by atoms with Crippen LogP contribution in [0.3, 0.4) is 0 Å². The summed E-state index contributed by atoms with van der Waals surface area (Å²) in [6.45, 7) is 0.701. The maximum atomic E-state index is 13.6. The van der Waals surface area contributed by atoms with Crippen LogP contribution in [-0.4, -0.2) is 56.0 Å². The van der Waals surface area contributed by atoms with E-state index in [-0.39, 0.29) is 24.6 Å². The van der Waals surface area contributed by atoms with Gasteiger partial charge in [0.2, 0.25) is 5.91 Å². The van der Waals surface area contributed by atoms with Gasteiger partial charge in [0.05, 0.1) is 13.1 Å². The van der Waals surface area contributed by atoms with Gasteiger partial charge in [0.25, 0.3) is 0 Å². The Hall–Kier alpha value is -1.83. The van der Waals surface area contributed by atoms with Gasteiger partial charge in [-0.25, -0.2) is 13.8 Å². The number of nitrogens with zero attached hydrogens (tertiary/aromatic N) is 2. The largest absolute Gasteiger partial charge is 0.356 e. The average Bonchev–Trinajstić information content (AvgIpc) is 2.52. The van der Waals surface area contributed by atoms with Crippen molar-refractivity contribution >= 4 is 23.6 Å². The number of hydrogen-bond acceptors (Lipinski definition) is 3. The van der Waals surface area contributed by atoms with Crippen molar-refractivity contribution in [2.75, 3.05) is 39.2 Å². The lowest BCUT2D eigenvalue weighted by molar-refractivity contribution is -0.127. The van der Waals surface area contributed by atoms with Gasteiger partial charge in [-0.3, -0.25) is 4.79 Å². The van der Waals surface area contributed by atoms with Crippen LogP contribution in [0.25, 0.3) is 0 Å². The molecule has 0 spiro atoms. The molecule has 23 heavy (non-hydrogen) atoms. The van der Waals surface area contributed by atoms with Crippen LogP contribution >= 0.6 is 11.8 Å². The second kappa shape index (κ2) is 10.0. The number of carbonyl (C=O) groups excluding carboxylic acids is 1. The van der Waals surface area contributed by atoms with Crippen molar-refractivity contribution < 1.29 is 13.6 Å². The van der Waals surface area contributed by atoms with Gasteiger partial charge in [0, 0.05) is 32.0 Å². The molecule has 1 aromatic rings. The van der Waals surface area contributed by atoms with E-state index in [0.29, 0.717) is 12.5 Å². The molecule has 8 heteroatoms. The summed E-state index contributed by atoms with van der Waals surface area (Å²) in [5, 5.41) is 5.94. The van der Waals surface area contributed by atoms with E-state index in [4.69, 9.17) is 0 Å². The Bertz CT molecular complexity index is 552. The molecule has 0 fully saturated rings. The second-order valence-electron chi connectivity index (χ2n) is 4.96. The molecule has 0 saturated heterocycles. The van der Waals surface area contributed by atoms with Gasteiger partial charge in [-0.2, -0.15) is 11.8 Å². The maximum absolute atomic E-state index is 13.6. The highest BCUT2D eigenvalue weighted by Crippen LogP contribution is 2.10. The maximum Gasteiger partial charge on any atom is 0.241 e. The summed E-state index contributed by atoms with van der Waals surface area (Å²) >= 11 is 1.66. The first kappa shape index (κ1) is 19.2. The van der Waals surface area contributed by atoms with Crippen LogP contribution in [0, 0.1) is 11.6 Å². The molecule has 1 aromatic carbocycles. The molecule has 0 aliphatic heterocycles. The molecule has 5 nitrogen and oxygen atoms in total. The summed E-state index contributed by atoms with van der Waals surface area (Å²) in [7, 11) is 3.31. The molecule has 0 radical (unpaired) electrons. The number of nitrogens with one attached hydrogen (secondary N) is 2. The van der Waals surface area contributed by atoms with Crippen molar-refractivity contribution in [2.24, 2.45) is 4.99 Å². The van der Waals surface area contributed by atoms with Crippen LogP contribution in [0.4, 0.5) is 8.78 Å². The van der Waals surface area contributed by atoms with E-state index in [1.807, 2.05) is 6.26 Å². The summed E-state index contributed by atoms with van der Waals surface area (Å²) in [6.07, 6.45) is 1.98. The Labute approximate surface area is 139 Å². The van der Waals surface area contributed by atoms with Crippen LogP contribution in [0.1, 0.15) is 5.56 Å². The molecule has 0 aliphatic rings. The van der Waals surface area contributed by atoms with Crippen molar-refractivity contribution in [3.8, 4) is 0 Å². The van der Waals surface area contributed by atoms with Gasteiger partial charge < -0.3 is 15.5 Å². The number of thioether (sulfide) groups is 1. The van der Waals surface area contributed by atoms with E-state index < -0.39 is 11.6 Å². The van der Waals surface area contributed by atoms with Gasteiger partial charge in [0.1, 0.15) is 11.6 Å². The summed E-state index contributed by atoms with van der Waals surface area (Å²) in [5.41, 5.74) is 0.162. The lowest BCUT2D eigenvalue weighted by Gasteiger charge is -2.14. The van der Waals surface area contributed by atoms with Crippen LogP contribution in [0.5, 0.6) is 0 Å². The van der Waals surface area contributed by atoms with Crippen molar-refractivity contribution in [3.63, 3.8) is 0 Å². The monoisotopic (exact) mass is 344 g/mol. The van der Waals surface area contributed by atoms with E-state index in [1.165, 1.54) is 4.90 Å². The molecular formula is C15H22F2N4OS. The lowest BCUT2D eigenvalue weighted by atomic mass is 10.2. The molecule has 0 saturated carbocycles. The Balaban J connectivity index is 2.72. The highest BCUT2D eigenvalue weighted by atomic mass is 32.2. The smallest absolute Gasteiger partial charge is 0.241 e. The number of halogens is 2. The fourth-order valence-electron chi connectivity index (χ4n) is 1.59. The van der Waals surface area contributed by atoms with E-state index in [0.717, 1.165) is 24.0 Å². The molecule has 1 rings (SSSR count). The Morgan fingerprint density at radius 2 is 2.04 bits per heavy atom. The van der Waals surface area contributed by atoms with Gasteiger partial charge in [-0.05, 0) is 24.5 Å². The number of carbonyl (C=O) groups is 1. The minimum absolute atomic E-state index is 0.0195. The predicted molar refractivity (Wildman–Crippen MR) is 90.6 cm³/mol. The fourth-order valence-corrected chi connectivity index (χ4v) is 1.90. The lowest BCUT2D eigenvalue weighted by Crippen LogP contribution is -2.43. The van der Waals surface area contributed by atoms with E-state index in [9.17, 15) is 13.6 Å². The van der Waals surface area contributed by atoms with Crippen molar-refractivity contribution in [1.82, 2.24) is 15.5 Å². The molecule has 0 heterocycles. The van der Waals surface area contributed by atoms with Crippen molar-refractivity contribution in [2.45, 2.75) is 6.54 Å². The number of amides is 1. The predicted octanol–water partition coefficient (Wildman–Crippen LogP) is 1.45. The third-order valence-electron chi connectivity index (χ3n) is 2.92. The molecule has 1 amide bonds. The van der Waals surface area contributed by atoms with Gasteiger partial charge in [-0.1, -0.05) is 0 Å². The number of aliphatic imine (C=N–C) groups is 1. The zero-order valence-electron chi connectivity index (χ0n) is 13.5. The Morgan fingerprint density at radius 3 is 2.70 bits per heavy atom. The normalized spacial score (nSPS) is 11.3. The standard InChI is InChI=1S/C15H22F2N4OS/c1-21(2)14(22)10-20-15(18-6-7-23-3)19-9-11-8-12(16)4-5-13(11)17/h4-5,8H,6-7,9-10H2,1-3H3,(H2,18,19,20). The number of likely N-dealkylation sites (N-methyl/N-ethyl adjacent to an activating group) is 1. The minimum atomic E-state index is -0.511. The van der Waals surface area contributed by atoms with Crippen molar-refractivity contribution in [1.29, 1.82) is 0 Å². The number of rotatable bonds is 7. The third-order valence-corrected chi connectivity index (χ3v) is 3.53. The van der Waals surface area contributed by atoms with Crippen LogP contribution in [0.2, 0.25) is 0 Å². The Kier molecular flexibility index (Phi) is 8.39. The zero-order valence-corrected chi connectivity index (χ0v) is 14.3. The number of guanidine groups is 1. The van der Waals surface area contributed by atoms with Gasteiger partial charge in [0.15, 0.2) is 5.96 Å². The number of hydrogen-bond donors (Lipinski definition) is 2. The zero-order chi connectivity index (χ0) is 17.2. The average molecular weight is 344 g/mol. The molecule has 0 atom stereocenters. The fraction of sp³-hybridized carbons (Fsp3) is 0.467. The summed E-state index contributed by atoms with van der Waals surface area (Å²) in [5.74, 6) is 0.114. The first-order chi connectivity index (χ1) is 10.9. The minimum Gasteiger partial charge on any atom is -0.356 e. The van der Waals surface area contributed by atoms with E-state index in [1.54, 1.807) is 25.9 Å². The Morgan fingerprint density at radius 1 is 1.30 bits per heavy atom. The van der Waals surface area contributed by atoms with Crippen LogP contribution in [-0.2, 0) is 11.3 Å². The molecule has 0 aromatic heterocycles. The van der Waals surface area contributed by atoms with E-state index >= 15 is 0 Å². The summed E-state index contributed by atoms with van der Waals surface area (Å²) < 4.78 is 26.8. The summed E-state index contributed by atoms with van der Waals surface area (Å²) in [4.78, 5) is 17.3.